The smallest absolute Gasteiger partial charge is 0.229 e. The molecule has 1 aliphatic heterocycles. The molecule has 0 spiro atoms. The van der Waals surface area contributed by atoms with Gasteiger partial charge >= 0.3 is 0 Å². The number of fused-ring (bicyclic) bond motifs is 1. The van der Waals surface area contributed by atoms with Crippen LogP contribution in [0.25, 0.3) is 0 Å². The Labute approximate surface area is 81.9 Å². The van der Waals surface area contributed by atoms with E-state index in [2.05, 4.69) is 10.6 Å². The summed E-state index contributed by atoms with van der Waals surface area (Å²) in [5.41, 5.74) is 1.49. The molecule has 4 heteroatoms. The largest absolute Gasteiger partial charge is 0.508 e. The van der Waals surface area contributed by atoms with Gasteiger partial charge in [0.15, 0.2) is 0 Å². The number of anilines is 2. The maximum absolute atomic E-state index is 11.4. The molecule has 0 saturated carbocycles. The van der Waals surface area contributed by atoms with Crippen molar-refractivity contribution in [3.63, 3.8) is 0 Å². The summed E-state index contributed by atoms with van der Waals surface area (Å²) in [6.45, 7) is 2.44. The van der Waals surface area contributed by atoms with Crippen LogP contribution in [0.1, 0.15) is 6.92 Å². The third-order valence-corrected chi connectivity index (χ3v) is 2.31. The lowest BCUT2D eigenvalue weighted by Gasteiger charge is -2.06. The quantitative estimate of drug-likeness (QED) is 0.544. The van der Waals surface area contributed by atoms with Crippen molar-refractivity contribution in [3.05, 3.63) is 18.2 Å². The third kappa shape index (κ3) is 1.51. The van der Waals surface area contributed by atoms with Crippen molar-refractivity contribution in [2.75, 3.05) is 17.2 Å². The summed E-state index contributed by atoms with van der Waals surface area (Å²) in [6.07, 6.45) is 0. The van der Waals surface area contributed by atoms with Crippen LogP contribution in [0, 0.1) is 5.92 Å². The van der Waals surface area contributed by atoms with Gasteiger partial charge in [0.2, 0.25) is 5.91 Å². The minimum absolute atomic E-state index is 0.00180. The number of phenols is 1. The van der Waals surface area contributed by atoms with E-state index in [4.69, 9.17) is 0 Å². The molecule has 3 N–H and O–H groups in total. The molecule has 1 atom stereocenters. The molecule has 0 aromatic heterocycles. The standard InChI is InChI=1S/C10H12N2O2/c1-6-5-11-9-4-7(13)2-3-8(9)12-10(6)14/h2-4,6,11,13H,5H2,1H3,(H,12,14). The molecule has 0 fully saturated rings. The van der Waals surface area contributed by atoms with Gasteiger partial charge in [0.05, 0.1) is 17.3 Å². The van der Waals surface area contributed by atoms with E-state index < -0.39 is 0 Å². The molecule has 1 heterocycles. The molecule has 0 radical (unpaired) electrons. The summed E-state index contributed by atoms with van der Waals surface area (Å²) in [5.74, 6) is 0.131. The summed E-state index contributed by atoms with van der Waals surface area (Å²) in [4.78, 5) is 11.4. The Morgan fingerprint density at radius 3 is 3.00 bits per heavy atom. The zero-order chi connectivity index (χ0) is 10.1. The molecule has 2 rings (SSSR count). The van der Waals surface area contributed by atoms with Gasteiger partial charge in [-0.1, -0.05) is 6.92 Å². The Hall–Kier alpha value is -1.71. The lowest BCUT2D eigenvalue weighted by atomic mass is 10.2. The number of nitrogens with one attached hydrogen (secondary N) is 2. The molecule has 1 unspecified atom stereocenters. The van der Waals surface area contributed by atoms with Crippen molar-refractivity contribution in [1.29, 1.82) is 0 Å². The lowest BCUT2D eigenvalue weighted by molar-refractivity contribution is -0.118. The van der Waals surface area contributed by atoms with E-state index in [0.29, 0.717) is 6.54 Å². The summed E-state index contributed by atoms with van der Waals surface area (Å²) in [6, 6.07) is 4.85. The molecule has 1 aromatic rings. The summed E-state index contributed by atoms with van der Waals surface area (Å²) in [7, 11) is 0. The number of rotatable bonds is 0. The Balaban J connectivity index is 2.37. The van der Waals surface area contributed by atoms with Crippen molar-refractivity contribution in [2.24, 2.45) is 5.92 Å². The fourth-order valence-electron chi connectivity index (χ4n) is 1.40. The van der Waals surface area contributed by atoms with Crippen LogP contribution >= 0.6 is 0 Å². The van der Waals surface area contributed by atoms with E-state index in [0.717, 1.165) is 11.4 Å². The van der Waals surface area contributed by atoms with Crippen LogP contribution in [-0.4, -0.2) is 17.6 Å². The first-order chi connectivity index (χ1) is 6.66. The van der Waals surface area contributed by atoms with Gasteiger partial charge in [-0.05, 0) is 12.1 Å². The van der Waals surface area contributed by atoms with E-state index in [1.165, 1.54) is 0 Å². The van der Waals surface area contributed by atoms with Gasteiger partial charge < -0.3 is 15.7 Å². The Morgan fingerprint density at radius 1 is 1.43 bits per heavy atom. The number of carbonyl (C=O) groups is 1. The van der Waals surface area contributed by atoms with Gasteiger partial charge in [0.1, 0.15) is 5.75 Å². The monoisotopic (exact) mass is 192 g/mol. The number of amides is 1. The molecule has 1 aromatic carbocycles. The van der Waals surface area contributed by atoms with E-state index in [9.17, 15) is 9.90 Å². The number of benzene rings is 1. The van der Waals surface area contributed by atoms with Crippen LogP contribution in [0.3, 0.4) is 0 Å². The second-order valence-electron chi connectivity index (χ2n) is 3.50. The summed E-state index contributed by atoms with van der Waals surface area (Å²) in [5, 5.41) is 15.1. The highest BCUT2D eigenvalue weighted by atomic mass is 16.3. The van der Waals surface area contributed by atoms with Crippen molar-refractivity contribution >= 4 is 17.3 Å². The molecule has 0 bridgehead atoms. The van der Waals surface area contributed by atoms with Crippen molar-refractivity contribution in [3.8, 4) is 5.75 Å². The Kier molecular flexibility index (Phi) is 2.04. The van der Waals surface area contributed by atoms with Gasteiger partial charge in [0, 0.05) is 12.6 Å². The van der Waals surface area contributed by atoms with Crippen LogP contribution in [-0.2, 0) is 4.79 Å². The average molecular weight is 192 g/mol. The molecule has 74 valence electrons. The van der Waals surface area contributed by atoms with E-state index >= 15 is 0 Å². The van der Waals surface area contributed by atoms with Gasteiger partial charge in [0.25, 0.3) is 0 Å². The normalized spacial score (nSPS) is 20.4. The molecule has 1 amide bonds. The Morgan fingerprint density at radius 2 is 2.21 bits per heavy atom. The molecular weight excluding hydrogens is 180 g/mol. The second-order valence-corrected chi connectivity index (χ2v) is 3.50. The van der Waals surface area contributed by atoms with Crippen LogP contribution in [0.5, 0.6) is 5.75 Å². The fourth-order valence-corrected chi connectivity index (χ4v) is 1.40. The fraction of sp³-hybridized carbons (Fsp3) is 0.300. The van der Waals surface area contributed by atoms with Gasteiger partial charge in [-0.15, -0.1) is 0 Å². The van der Waals surface area contributed by atoms with Gasteiger partial charge in [-0.2, -0.15) is 0 Å². The minimum atomic E-state index is -0.0652. The van der Waals surface area contributed by atoms with Crippen LogP contribution in [0.2, 0.25) is 0 Å². The predicted octanol–water partition coefficient (Wildman–Crippen LogP) is 1.39. The molecule has 0 aliphatic carbocycles. The first-order valence-corrected chi connectivity index (χ1v) is 4.54. The third-order valence-electron chi connectivity index (χ3n) is 2.31. The lowest BCUT2D eigenvalue weighted by Crippen LogP contribution is -2.22. The second kappa shape index (κ2) is 3.21. The zero-order valence-corrected chi connectivity index (χ0v) is 7.87. The van der Waals surface area contributed by atoms with Crippen LogP contribution < -0.4 is 10.6 Å². The average Bonchev–Trinajstić information content (AvgIpc) is 2.29. The molecule has 14 heavy (non-hydrogen) atoms. The highest BCUT2D eigenvalue weighted by molar-refractivity contribution is 5.97. The number of carbonyl (C=O) groups excluding carboxylic acids is 1. The molecule has 1 aliphatic rings. The minimum Gasteiger partial charge on any atom is -0.508 e. The highest BCUT2D eigenvalue weighted by Gasteiger charge is 2.18. The first-order valence-electron chi connectivity index (χ1n) is 4.54. The van der Waals surface area contributed by atoms with Crippen molar-refractivity contribution < 1.29 is 9.90 Å². The number of hydrogen-bond donors (Lipinski definition) is 3. The zero-order valence-electron chi connectivity index (χ0n) is 7.87. The topological polar surface area (TPSA) is 61.4 Å². The van der Waals surface area contributed by atoms with Crippen molar-refractivity contribution in [2.45, 2.75) is 6.92 Å². The number of phenolic OH excluding ortho intramolecular Hbond substituents is 1. The molecule has 4 nitrogen and oxygen atoms in total. The molecular formula is C10H12N2O2. The maximum Gasteiger partial charge on any atom is 0.229 e. The molecule has 0 saturated heterocycles. The summed E-state index contributed by atoms with van der Waals surface area (Å²) >= 11 is 0. The van der Waals surface area contributed by atoms with E-state index in [1.54, 1.807) is 18.2 Å². The van der Waals surface area contributed by atoms with Gasteiger partial charge in [-0.25, -0.2) is 0 Å². The van der Waals surface area contributed by atoms with Crippen LogP contribution in [0.4, 0.5) is 11.4 Å². The Bertz CT molecular complexity index is 376. The first kappa shape index (κ1) is 8.87. The van der Waals surface area contributed by atoms with Crippen molar-refractivity contribution in [1.82, 2.24) is 0 Å². The number of aromatic hydroxyl groups is 1. The van der Waals surface area contributed by atoms with E-state index in [1.807, 2.05) is 6.92 Å². The summed E-state index contributed by atoms with van der Waals surface area (Å²) < 4.78 is 0. The van der Waals surface area contributed by atoms with Gasteiger partial charge in [-0.3, -0.25) is 4.79 Å². The predicted molar refractivity (Wildman–Crippen MR) is 54.4 cm³/mol. The maximum atomic E-state index is 11.4. The van der Waals surface area contributed by atoms with E-state index in [-0.39, 0.29) is 17.6 Å². The highest BCUT2D eigenvalue weighted by Crippen LogP contribution is 2.28. The number of hydrogen-bond acceptors (Lipinski definition) is 3. The SMILES string of the molecule is CC1CNc2cc(O)ccc2NC1=O. The van der Waals surface area contributed by atoms with Crippen LogP contribution in [0.15, 0.2) is 18.2 Å².